The zero-order valence-corrected chi connectivity index (χ0v) is 10.1. The van der Waals surface area contributed by atoms with E-state index < -0.39 is 0 Å². The van der Waals surface area contributed by atoms with E-state index in [1.54, 1.807) is 0 Å². The van der Waals surface area contributed by atoms with E-state index in [1.807, 2.05) is 0 Å². The summed E-state index contributed by atoms with van der Waals surface area (Å²) in [6.45, 7) is 7.31. The van der Waals surface area contributed by atoms with Crippen LogP contribution in [0.1, 0.15) is 46.0 Å². The molecule has 1 saturated heterocycles. The second kappa shape index (κ2) is 6.83. The van der Waals surface area contributed by atoms with Gasteiger partial charge in [0.15, 0.2) is 0 Å². The predicted octanol–water partition coefficient (Wildman–Crippen LogP) is 1.78. The monoisotopic (exact) mass is 212 g/mol. The summed E-state index contributed by atoms with van der Waals surface area (Å²) in [5.41, 5.74) is 0. The summed E-state index contributed by atoms with van der Waals surface area (Å²) in [6.07, 6.45) is 5.60. The first-order chi connectivity index (χ1) is 7.29. The number of hydrogen-bond acceptors (Lipinski definition) is 2. The lowest BCUT2D eigenvalue weighted by atomic mass is 10.1. The third-order valence-corrected chi connectivity index (χ3v) is 2.97. The maximum atomic E-state index is 11.9. The van der Waals surface area contributed by atoms with Gasteiger partial charge in [0.1, 0.15) is 0 Å². The fraction of sp³-hybridized carbons (Fsp3) is 0.917. The van der Waals surface area contributed by atoms with Crippen LogP contribution >= 0.6 is 0 Å². The molecule has 0 spiro atoms. The van der Waals surface area contributed by atoms with Crippen LogP contribution in [0.3, 0.4) is 0 Å². The molecule has 1 heterocycles. The molecule has 1 atom stereocenters. The van der Waals surface area contributed by atoms with Gasteiger partial charge < -0.3 is 5.32 Å². The van der Waals surface area contributed by atoms with Gasteiger partial charge in [-0.3, -0.25) is 9.69 Å². The van der Waals surface area contributed by atoms with Gasteiger partial charge in [-0.1, -0.05) is 13.8 Å². The quantitative estimate of drug-likeness (QED) is 0.753. The molecule has 1 rings (SSSR count). The first-order valence-electron chi connectivity index (χ1n) is 6.31. The number of nitrogens with one attached hydrogen (secondary N) is 1. The van der Waals surface area contributed by atoms with Crippen molar-refractivity contribution in [3.63, 3.8) is 0 Å². The van der Waals surface area contributed by atoms with Crippen LogP contribution in [0.2, 0.25) is 0 Å². The first kappa shape index (κ1) is 12.5. The average molecular weight is 212 g/mol. The smallest absolute Gasteiger partial charge is 0.237 e. The van der Waals surface area contributed by atoms with Crippen molar-refractivity contribution >= 4 is 5.91 Å². The molecule has 0 saturated carbocycles. The van der Waals surface area contributed by atoms with Gasteiger partial charge in [-0.15, -0.1) is 0 Å². The molecule has 1 amide bonds. The Morgan fingerprint density at radius 3 is 2.53 bits per heavy atom. The minimum absolute atomic E-state index is 0.132. The minimum atomic E-state index is 0.132. The Labute approximate surface area is 93.2 Å². The van der Waals surface area contributed by atoms with E-state index in [0.717, 1.165) is 45.3 Å². The number of carbonyl (C=O) groups excluding carboxylic acids is 1. The van der Waals surface area contributed by atoms with Gasteiger partial charge >= 0.3 is 0 Å². The van der Waals surface area contributed by atoms with Crippen molar-refractivity contribution in [1.29, 1.82) is 0 Å². The van der Waals surface area contributed by atoms with Crippen LogP contribution in [-0.4, -0.2) is 36.5 Å². The van der Waals surface area contributed by atoms with Crippen molar-refractivity contribution in [3.8, 4) is 0 Å². The highest BCUT2D eigenvalue weighted by molar-refractivity contribution is 5.81. The van der Waals surface area contributed by atoms with E-state index in [4.69, 9.17) is 0 Å². The van der Waals surface area contributed by atoms with Gasteiger partial charge in [0.05, 0.1) is 6.04 Å². The maximum absolute atomic E-state index is 11.9. The lowest BCUT2D eigenvalue weighted by Gasteiger charge is -2.28. The molecule has 3 heteroatoms. The Morgan fingerprint density at radius 2 is 1.93 bits per heavy atom. The van der Waals surface area contributed by atoms with Crippen molar-refractivity contribution in [2.75, 3.05) is 19.6 Å². The van der Waals surface area contributed by atoms with Crippen LogP contribution in [0.5, 0.6) is 0 Å². The molecule has 3 nitrogen and oxygen atoms in total. The zero-order valence-electron chi connectivity index (χ0n) is 10.1. The molecule has 0 aromatic heterocycles. The van der Waals surface area contributed by atoms with Crippen LogP contribution in [0.15, 0.2) is 0 Å². The average Bonchev–Trinajstić information content (AvgIpc) is 2.43. The number of carbonyl (C=O) groups is 1. The van der Waals surface area contributed by atoms with Gasteiger partial charge in [0.2, 0.25) is 5.91 Å². The molecule has 1 aliphatic heterocycles. The van der Waals surface area contributed by atoms with E-state index in [0.29, 0.717) is 0 Å². The molecule has 15 heavy (non-hydrogen) atoms. The maximum Gasteiger partial charge on any atom is 0.237 e. The molecule has 1 aliphatic rings. The largest absolute Gasteiger partial charge is 0.355 e. The topological polar surface area (TPSA) is 32.3 Å². The van der Waals surface area contributed by atoms with E-state index in [1.165, 1.54) is 6.42 Å². The highest BCUT2D eigenvalue weighted by Gasteiger charge is 2.25. The van der Waals surface area contributed by atoms with Crippen LogP contribution < -0.4 is 5.32 Å². The Balaban J connectivity index is 2.57. The Bertz CT molecular complexity index is 188. The number of amides is 1. The van der Waals surface area contributed by atoms with Crippen LogP contribution in [0.4, 0.5) is 0 Å². The van der Waals surface area contributed by atoms with Crippen molar-refractivity contribution in [3.05, 3.63) is 0 Å². The number of hydrogen-bond donors (Lipinski definition) is 1. The lowest BCUT2D eigenvalue weighted by molar-refractivity contribution is -0.126. The molecule has 1 N–H and O–H groups in total. The van der Waals surface area contributed by atoms with Gasteiger partial charge in [0, 0.05) is 6.54 Å². The molecular weight excluding hydrogens is 188 g/mol. The van der Waals surface area contributed by atoms with Crippen LogP contribution in [0.25, 0.3) is 0 Å². The first-order valence-corrected chi connectivity index (χ1v) is 6.31. The third-order valence-electron chi connectivity index (χ3n) is 2.97. The second-order valence-electron chi connectivity index (χ2n) is 4.34. The summed E-state index contributed by atoms with van der Waals surface area (Å²) in [4.78, 5) is 14.2. The molecule has 1 fully saturated rings. The molecular formula is C12H24N2O. The minimum Gasteiger partial charge on any atom is -0.355 e. The summed E-state index contributed by atoms with van der Waals surface area (Å²) in [7, 11) is 0. The van der Waals surface area contributed by atoms with E-state index in [9.17, 15) is 4.79 Å². The molecule has 0 bridgehead atoms. The second-order valence-corrected chi connectivity index (χ2v) is 4.34. The summed E-state index contributed by atoms with van der Waals surface area (Å²) in [5.74, 6) is 0.245. The fourth-order valence-corrected chi connectivity index (χ4v) is 2.27. The lowest BCUT2D eigenvalue weighted by Crippen LogP contribution is -2.46. The number of rotatable bonds is 5. The standard InChI is InChI=1S/C12H24N2O/c1-3-9-14(10-4-2)11-7-5-6-8-13-12(11)15/h11H,3-10H2,1-2H3,(H,13,15)/t11-/m0/s1. The normalized spacial score (nSPS) is 22.6. The molecule has 0 radical (unpaired) electrons. The summed E-state index contributed by atoms with van der Waals surface area (Å²) in [6, 6.07) is 0.132. The van der Waals surface area contributed by atoms with E-state index in [2.05, 4.69) is 24.1 Å². The SMILES string of the molecule is CCCN(CCC)[C@H]1CCCCNC1=O. The van der Waals surface area contributed by atoms with Gasteiger partial charge in [0.25, 0.3) is 0 Å². The van der Waals surface area contributed by atoms with E-state index >= 15 is 0 Å². The highest BCUT2D eigenvalue weighted by atomic mass is 16.2. The van der Waals surface area contributed by atoms with Crippen molar-refractivity contribution < 1.29 is 4.79 Å². The molecule has 0 aromatic rings. The molecule has 88 valence electrons. The Kier molecular flexibility index (Phi) is 5.69. The fourth-order valence-electron chi connectivity index (χ4n) is 2.27. The summed E-state index contributed by atoms with van der Waals surface area (Å²) >= 11 is 0. The predicted molar refractivity (Wildman–Crippen MR) is 62.8 cm³/mol. The molecule has 0 aliphatic carbocycles. The van der Waals surface area contributed by atoms with Crippen molar-refractivity contribution in [2.45, 2.75) is 52.0 Å². The van der Waals surface area contributed by atoms with Gasteiger partial charge in [-0.05, 0) is 45.2 Å². The van der Waals surface area contributed by atoms with Crippen LogP contribution in [0, 0.1) is 0 Å². The summed E-state index contributed by atoms with van der Waals surface area (Å²) in [5, 5.41) is 3.01. The van der Waals surface area contributed by atoms with Gasteiger partial charge in [-0.25, -0.2) is 0 Å². The van der Waals surface area contributed by atoms with E-state index in [-0.39, 0.29) is 11.9 Å². The Hall–Kier alpha value is -0.570. The summed E-state index contributed by atoms with van der Waals surface area (Å²) < 4.78 is 0. The molecule has 0 aromatic carbocycles. The van der Waals surface area contributed by atoms with Gasteiger partial charge in [-0.2, -0.15) is 0 Å². The number of nitrogens with zero attached hydrogens (tertiary/aromatic N) is 1. The zero-order chi connectivity index (χ0) is 11.1. The van der Waals surface area contributed by atoms with Crippen molar-refractivity contribution in [2.24, 2.45) is 0 Å². The molecule has 0 unspecified atom stereocenters. The van der Waals surface area contributed by atoms with Crippen molar-refractivity contribution in [1.82, 2.24) is 10.2 Å². The van der Waals surface area contributed by atoms with Crippen LogP contribution in [-0.2, 0) is 4.79 Å². The Morgan fingerprint density at radius 1 is 1.27 bits per heavy atom. The highest BCUT2D eigenvalue weighted by Crippen LogP contribution is 2.13. The third kappa shape index (κ3) is 3.82.